The van der Waals surface area contributed by atoms with Crippen molar-refractivity contribution in [1.82, 2.24) is 4.98 Å². The van der Waals surface area contributed by atoms with Gasteiger partial charge in [-0.15, -0.1) is 11.3 Å². The summed E-state index contributed by atoms with van der Waals surface area (Å²) in [5.74, 6) is 0.447. The van der Waals surface area contributed by atoms with E-state index in [0.29, 0.717) is 44.2 Å². The second-order valence-electron chi connectivity index (χ2n) is 8.58. The number of aromatic nitrogens is 1. The van der Waals surface area contributed by atoms with Gasteiger partial charge in [-0.2, -0.15) is 0 Å². The van der Waals surface area contributed by atoms with E-state index in [1.807, 2.05) is 57.2 Å². The lowest BCUT2D eigenvalue weighted by Gasteiger charge is -2.14. The fraction of sp³-hybridized carbons (Fsp3) is 0.179. The van der Waals surface area contributed by atoms with Crippen LogP contribution in [0, 0.1) is 13.8 Å². The summed E-state index contributed by atoms with van der Waals surface area (Å²) in [5.41, 5.74) is 3.57. The number of esters is 1. The number of hydrogen-bond donors (Lipinski definition) is 0. The van der Waals surface area contributed by atoms with Crippen LogP contribution in [0.1, 0.15) is 47.0 Å². The zero-order valence-electron chi connectivity index (χ0n) is 19.3. The fourth-order valence-electron chi connectivity index (χ4n) is 4.05. The first-order valence-electron chi connectivity index (χ1n) is 11.1. The lowest BCUT2D eigenvalue weighted by Crippen LogP contribution is -2.13. The van der Waals surface area contributed by atoms with Gasteiger partial charge in [-0.05, 0) is 49.7 Å². The number of thiazole rings is 1. The van der Waals surface area contributed by atoms with E-state index in [0.717, 1.165) is 15.8 Å². The molecule has 0 saturated carbocycles. The number of fused-ring (bicyclic) bond motifs is 2. The highest BCUT2D eigenvalue weighted by atomic mass is 32.1. The Balaban J connectivity index is 1.65. The number of ether oxygens (including phenoxy) is 1. The predicted molar refractivity (Wildman–Crippen MR) is 136 cm³/mol. The highest BCUT2D eigenvalue weighted by Gasteiger charge is 2.24. The third-order valence-electron chi connectivity index (χ3n) is 5.89. The summed E-state index contributed by atoms with van der Waals surface area (Å²) >= 11 is 1.48. The van der Waals surface area contributed by atoms with Crippen LogP contribution in [0.5, 0.6) is 5.75 Å². The average Bonchev–Trinajstić information content (AvgIpc) is 3.24. The average molecular weight is 470 g/mol. The monoisotopic (exact) mass is 469 g/mol. The van der Waals surface area contributed by atoms with E-state index in [-0.39, 0.29) is 11.3 Å². The van der Waals surface area contributed by atoms with Crippen molar-refractivity contribution in [2.45, 2.75) is 33.6 Å². The summed E-state index contributed by atoms with van der Waals surface area (Å²) in [7, 11) is 0. The number of carbonyl (C=O) groups excluding carboxylic acids is 1. The minimum Gasteiger partial charge on any atom is -0.459 e. The second kappa shape index (κ2) is 8.54. The Kier molecular flexibility index (Phi) is 5.54. The van der Waals surface area contributed by atoms with E-state index >= 15 is 0 Å². The minimum atomic E-state index is -0.446. The number of carbonyl (C=O) groups is 1. The summed E-state index contributed by atoms with van der Waals surface area (Å²) in [6.45, 7) is 7.63. The molecule has 0 radical (unpaired) electrons. The van der Waals surface area contributed by atoms with Crippen molar-refractivity contribution >= 4 is 38.5 Å². The van der Waals surface area contributed by atoms with Crippen molar-refractivity contribution in [3.05, 3.63) is 93.3 Å². The molecule has 0 saturated heterocycles. The molecule has 0 bridgehead atoms. The molecule has 0 amide bonds. The highest BCUT2D eigenvalue weighted by molar-refractivity contribution is 7.21. The van der Waals surface area contributed by atoms with Crippen LogP contribution in [0.25, 0.3) is 31.8 Å². The molecule has 5 aromatic rings. The summed E-state index contributed by atoms with van der Waals surface area (Å²) in [6, 6.07) is 18.4. The van der Waals surface area contributed by atoms with Crippen molar-refractivity contribution in [3.63, 3.8) is 0 Å². The first-order chi connectivity index (χ1) is 16.3. The standard InChI is InChI=1S/C28H23NO4S/c1-15(2)25-23(27-29-20-11-7-8-12-22(20)34-27)24(30)19-13-14-21(17(4)26(19)33-25)32-28(31)18-10-6-5-9-16(18)3/h5-15H,1-4H3. The molecule has 3 aromatic carbocycles. The fourth-order valence-corrected chi connectivity index (χ4v) is 5.06. The zero-order chi connectivity index (χ0) is 24.0. The van der Waals surface area contributed by atoms with Gasteiger partial charge in [0.05, 0.1) is 26.7 Å². The van der Waals surface area contributed by atoms with Crippen LogP contribution >= 0.6 is 11.3 Å². The van der Waals surface area contributed by atoms with Gasteiger partial charge in [0, 0.05) is 11.5 Å². The molecule has 0 aliphatic carbocycles. The third kappa shape index (κ3) is 3.70. The molecule has 0 spiro atoms. The maximum absolute atomic E-state index is 13.7. The third-order valence-corrected chi connectivity index (χ3v) is 6.94. The number of rotatable bonds is 4. The Labute approximate surface area is 200 Å². The quantitative estimate of drug-likeness (QED) is 0.209. The van der Waals surface area contributed by atoms with Gasteiger partial charge in [0.25, 0.3) is 0 Å². The topological polar surface area (TPSA) is 69.4 Å². The van der Waals surface area contributed by atoms with Gasteiger partial charge in [0.15, 0.2) is 0 Å². The molecule has 2 heterocycles. The summed E-state index contributed by atoms with van der Waals surface area (Å²) in [5, 5.41) is 1.08. The minimum absolute atomic E-state index is 0.0447. The largest absolute Gasteiger partial charge is 0.459 e. The molecule has 0 fully saturated rings. The molecule has 2 aromatic heterocycles. The molecule has 0 atom stereocenters. The molecule has 5 nitrogen and oxygen atoms in total. The normalized spacial score (nSPS) is 11.4. The highest BCUT2D eigenvalue weighted by Crippen LogP contribution is 2.36. The van der Waals surface area contributed by atoms with Crippen molar-refractivity contribution in [3.8, 4) is 16.3 Å². The maximum atomic E-state index is 13.7. The number of nitrogens with zero attached hydrogens (tertiary/aromatic N) is 1. The van der Waals surface area contributed by atoms with Gasteiger partial charge < -0.3 is 9.15 Å². The number of benzene rings is 3. The lowest BCUT2D eigenvalue weighted by atomic mass is 10.0. The second-order valence-corrected chi connectivity index (χ2v) is 9.61. The first kappa shape index (κ1) is 22.0. The summed E-state index contributed by atoms with van der Waals surface area (Å²) in [4.78, 5) is 31.2. The van der Waals surface area contributed by atoms with Crippen molar-refractivity contribution in [2.75, 3.05) is 0 Å². The molecule has 0 unspecified atom stereocenters. The van der Waals surface area contributed by atoms with E-state index in [1.165, 1.54) is 11.3 Å². The Hall–Kier alpha value is -3.77. The molecule has 34 heavy (non-hydrogen) atoms. The van der Waals surface area contributed by atoms with Crippen LogP contribution < -0.4 is 10.2 Å². The van der Waals surface area contributed by atoms with Gasteiger partial charge in [-0.1, -0.05) is 44.2 Å². The maximum Gasteiger partial charge on any atom is 0.343 e. The van der Waals surface area contributed by atoms with E-state index in [9.17, 15) is 9.59 Å². The Bertz CT molecular complexity index is 1590. The van der Waals surface area contributed by atoms with Crippen LogP contribution in [0.3, 0.4) is 0 Å². The van der Waals surface area contributed by atoms with Crippen molar-refractivity contribution in [2.24, 2.45) is 0 Å². The lowest BCUT2D eigenvalue weighted by molar-refractivity contribution is 0.0733. The van der Waals surface area contributed by atoms with E-state index in [1.54, 1.807) is 31.2 Å². The van der Waals surface area contributed by atoms with E-state index in [2.05, 4.69) is 0 Å². The smallest absolute Gasteiger partial charge is 0.343 e. The molecule has 0 N–H and O–H groups in total. The Morgan fingerprint density at radius 3 is 2.47 bits per heavy atom. The molecule has 5 rings (SSSR count). The van der Waals surface area contributed by atoms with Gasteiger partial charge in [-0.3, -0.25) is 4.79 Å². The van der Waals surface area contributed by atoms with E-state index in [4.69, 9.17) is 14.1 Å². The molecule has 0 aliphatic rings. The first-order valence-corrected chi connectivity index (χ1v) is 11.9. The molecule has 0 aliphatic heterocycles. The number of hydrogen-bond acceptors (Lipinski definition) is 6. The summed E-state index contributed by atoms with van der Waals surface area (Å²) < 4.78 is 13.1. The number of para-hydroxylation sites is 1. The van der Waals surface area contributed by atoms with Crippen LogP contribution in [-0.4, -0.2) is 11.0 Å². The molecular formula is C28H23NO4S. The van der Waals surface area contributed by atoms with Gasteiger partial charge in [0.2, 0.25) is 5.43 Å². The predicted octanol–water partition coefficient (Wildman–Crippen LogP) is 7.03. The van der Waals surface area contributed by atoms with E-state index < -0.39 is 5.97 Å². The molecule has 170 valence electrons. The van der Waals surface area contributed by atoms with Gasteiger partial charge in [0.1, 0.15) is 22.1 Å². The van der Waals surface area contributed by atoms with Gasteiger partial charge in [-0.25, -0.2) is 9.78 Å². The Morgan fingerprint density at radius 2 is 1.74 bits per heavy atom. The molecule has 6 heteroatoms. The van der Waals surface area contributed by atoms with Crippen LogP contribution in [0.4, 0.5) is 0 Å². The zero-order valence-corrected chi connectivity index (χ0v) is 20.2. The van der Waals surface area contributed by atoms with Crippen molar-refractivity contribution < 1.29 is 13.9 Å². The van der Waals surface area contributed by atoms with Gasteiger partial charge >= 0.3 is 5.97 Å². The Morgan fingerprint density at radius 1 is 1.00 bits per heavy atom. The number of aryl methyl sites for hydroxylation is 2. The van der Waals surface area contributed by atoms with Crippen LogP contribution in [0.2, 0.25) is 0 Å². The van der Waals surface area contributed by atoms with Crippen LogP contribution in [0.15, 0.2) is 69.9 Å². The summed E-state index contributed by atoms with van der Waals surface area (Å²) in [6.07, 6.45) is 0. The molecular weight excluding hydrogens is 446 g/mol. The van der Waals surface area contributed by atoms with Crippen LogP contribution in [-0.2, 0) is 0 Å². The van der Waals surface area contributed by atoms with Crippen molar-refractivity contribution in [1.29, 1.82) is 0 Å². The SMILES string of the molecule is Cc1ccccc1C(=O)Oc1ccc2c(=O)c(-c3nc4ccccc4s3)c(C(C)C)oc2c1C.